The van der Waals surface area contributed by atoms with E-state index in [1.165, 1.54) is 0 Å². The van der Waals surface area contributed by atoms with Gasteiger partial charge in [-0.1, -0.05) is 0 Å². The number of aromatic nitrogens is 1. The molecule has 0 saturated carbocycles. The van der Waals surface area contributed by atoms with Crippen molar-refractivity contribution in [3.63, 3.8) is 0 Å². The van der Waals surface area contributed by atoms with Crippen LogP contribution >= 0.6 is 0 Å². The Balaban J connectivity index is 2.26. The molecule has 4 nitrogen and oxygen atoms in total. The van der Waals surface area contributed by atoms with Gasteiger partial charge in [0.15, 0.2) is 0 Å². The summed E-state index contributed by atoms with van der Waals surface area (Å²) in [5, 5.41) is 4.01. The van der Waals surface area contributed by atoms with Crippen LogP contribution in [0.5, 0.6) is 5.88 Å². The summed E-state index contributed by atoms with van der Waals surface area (Å²) in [7, 11) is 1.59. The summed E-state index contributed by atoms with van der Waals surface area (Å²) in [5.74, 6) is 0.602. The van der Waals surface area contributed by atoms with Crippen LogP contribution in [-0.2, 0) is 0 Å². The summed E-state index contributed by atoms with van der Waals surface area (Å²) >= 11 is 0. The normalized spacial score (nSPS) is 14.4. The van der Waals surface area contributed by atoms with Gasteiger partial charge in [-0.25, -0.2) is 4.98 Å². The van der Waals surface area contributed by atoms with Crippen molar-refractivity contribution >= 4 is 5.71 Å². The highest BCUT2D eigenvalue weighted by Crippen LogP contribution is 2.12. The minimum absolute atomic E-state index is 0.602. The van der Waals surface area contributed by atoms with Crippen LogP contribution in [0, 0.1) is 0 Å². The molecule has 71 valence electrons. The van der Waals surface area contributed by atoms with Gasteiger partial charge in [0.25, 0.3) is 0 Å². The van der Waals surface area contributed by atoms with Gasteiger partial charge in [-0.3, -0.25) is 0 Å². The zero-order valence-electron chi connectivity index (χ0n) is 8.06. The second-order valence-corrected chi connectivity index (χ2v) is 2.96. The van der Waals surface area contributed by atoms with E-state index in [0.717, 1.165) is 17.0 Å². The molecule has 0 N–H and O–H groups in total. The fraction of sp³-hybridized carbons (Fsp3) is 0.200. The first-order valence-electron chi connectivity index (χ1n) is 4.27. The molecule has 0 bridgehead atoms. The number of rotatable bonds is 2. The Bertz CT molecular complexity index is 392. The second-order valence-electron chi connectivity index (χ2n) is 2.96. The summed E-state index contributed by atoms with van der Waals surface area (Å²) in [6, 6.07) is 3.72. The first-order valence-corrected chi connectivity index (χ1v) is 4.27. The average Bonchev–Trinajstić information content (AvgIpc) is 2.65. The van der Waals surface area contributed by atoms with Crippen LogP contribution < -0.4 is 10.2 Å². The molecule has 0 aliphatic carbocycles. The number of hydrogen-bond donors (Lipinski definition) is 0. The van der Waals surface area contributed by atoms with Gasteiger partial charge in [0, 0.05) is 17.8 Å². The Hall–Kier alpha value is -1.84. The summed E-state index contributed by atoms with van der Waals surface area (Å²) in [6.45, 7) is 1.91. The SMILES string of the molecule is COc1ccc(C2=N[N]C(C)=C2)cn1. The van der Waals surface area contributed by atoms with Crippen molar-refractivity contribution < 1.29 is 4.74 Å². The fourth-order valence-corrected chi connectivity index (χ4v) is 1.18. The third-order valence-corrected chi connectivity index (χ3v) is 1.90. The minimum Gasteiger partial charge on any atom is -0.481 e. The highest BCUT2D eigenvalue weighted by Gasteiger charge is 2.08. The van der Waals surface area contributed by atoms with Gasteiger partial charge in [0.05, 0.1) is 18.5 Å². The smallest absolute Gasteiger partial charge is 0.212 e. The largest absolute Gasteiger partial charge is 0.481 e. The molecule has 0 fully saturated rings. The molecule has 0 amide bonds. The standard InChI is InChI=1S/C10H10N3O/c1-7-5-9(13-12-7)8-3-4-10(14-2)11-6-8/h3-6H,1-2H3. The quantitative estimate of drug-likeness (QED) is 0.702. The lowest BCUT2D eigenvalue weighted by Crippen LogP contribution is -1.96. The van der Waals surface area contributed by atoms with Gasteiger partial charge >= 0.3 is 0 Å². The van der Waals surface area contributed by atoms with Crippen LogP contribution in [0.15, 0.2) is 35.2 Å². The molecule has 0 aromatic carbocycles. The number of ether oxygens (including phenoxy) is 1. The van der Waals surface area contributed by atoms with Crippen molar-refractivity contribution in [2.45, 2.75) is 6.92 Å². The van der Waals surface area contributed by atoms with Crippen LogP contribution in [0.4, 0.5) is 0 Å². The predicted octanol–water partition coefficient (Wildman–Crippen LogP) is 1.32. The van der Waals surface area contributed by atoms with E-state index >= 15 is 0 Å². The van der Waals surface area contributed by atoms with Gasteiger partial charge in [-0.2, -0.15) is 10.5 Å². The number of allylic oxidation sites excluding steroid dienone is 2. The molecule has 0 saturated heterocycles. The lowest BCUT2D eigenvalue weighted by molar-refractivity contribution is 0.398. The maximum Gasteiger partial charge on any atom is 0.212 e. The van der Waals surface area contributed by atoms with E-state index in [0.29, 0.717) is 5.88 Å². The summed E-state index contributed by atoms with van der Waals surface area (Å²) in [6.07, 6.45) is 3.64. The maximum absolute atomic E-state index is 4.96. The molecule has 0 unspecified atom stereocenters. The molecule has 0 spiro atoms. The lowest BCUT2D eigenvalue weighted by Gasteiger charge is -1.99. The molecule has 1 aliphatic rings. The van der Waals surface area contributed by atoms with Gasteiger partial charge in [0.1, 0.15) is 0 Å². The Morgan fingerprint density at radius 2 is 2.14 bits per heavy atom. The monoisotopic (exact) mass is 188 g/mol. The average molecular weight is 188 g/mol. The minimum atomic E-state index is 0.602. The Labute approximate surface area is 82.3 Å². The second kappa shape index (κ2) is 3.49. The molecule has 1 aromatic heterocycles. The van der Waals surface area contributed by atoms with E-state index < -0.39 is 0 Å². The van der Waals surface area contributed by atoms with Crippen LogP contribution in [0.1, 0.15) is 12.5 Å². The van der Waals surface area contributed by atoms with Gasteiger partial charge in [-0.05, 0) is 19.1 Å². The molecule has 1 aliphatic heterocycles. The van der Waals surface area contributed by atoms with Crippen LogP contribution in [0.2, 0.25) is 0 Å². The van der Waals surface area contributed by atoms with E-state index in [2.05, 4.69) is 15.5 Å². The number of nitrogens with zero attached hydrogens (tertiary/aromatic N) is 3. The van der Waals surface area contributed by atoms with Crippen LogP contribution in [0.3, 0.4) is 0 Å². The van der Waals surface area contributed by atoms with E-state index in [9.17, 15) is 0 Å². The third kappa shape index (κ3) is 1.59. The van der Waals surface area contributed by atoms with Crippen molar-refractivity contribution in [1.29, 1.82) is 0 Å². The zero-order valence-corrected chi connectivity index (χ0v) is 8.06. The zero-order chi connectivity index (χ0) is 9.97. The van der Waals surface area contributed by atoms with Crippen molar-refractivity contribution in [2.75, 3.05) is 7.11 Å². The van der Waals surface area contributed by atoms with Crippen molar-refractivity contribution in [3.8, 4) is 5.88 Å². The van der Waals surface area contributed by atoms with E-state index in [-0.39, 0.29) is 0 Å². The summed E-state index contributed by atoms with van der Waals surface area (Å²) in [4.78, 5) is 4.09. The van der Waals surface area contributed by atoms with Crippen molar-refractivity contribution in [3.05, 3.63) is 35.7 Å². The van der Waals surface area contributed by atoms with Crippen molar-refractivity contribution in [2.24, 2.45) is 5.10 Å². The Morgan fingerprint density at radius 1 is 1.29 bits per heavy atom. The van der Waals surface area contributed by atoms with Gasteiger partial charge in [0.2, 0.25) is 5.88 Å². The number of hydrogen-bond acceptors (Lipinski definition) is 3. The first kappa shape index (κ1) is 8.74. The van der Waals surface area contributed by atoms with Gasteiger partial charge < -0.3 is 4.74 Å². The molecule has 2 heterocycles. The Morgan fingerprint density at radius 3 is 2.64 bits per heavy atom. The number of pyridine rings is 1. The molecule has 2 rings (SSSR count). The predicted molar refractivity (Wildman–Crippen MR) is 53.2 cm³/mol. The molecular weight excluding hydrogens is 178 g/mol. The molecule has 14 heavy (non-hydrogen) atoms. The molecule has 1 aromatic rings. The fourth-order valence-electron chi connectivity index (χ4n) is 1.18. The molecular formula is C10H10N3O. The number of methoxy groups -OCH3 is 1. The third-order valence-electron chi connectivity index (χ3n) is 1.90. The van der Waals surface area contributed by atoms with Crippen LogP contribution in [0.25, 0.3) is 0 Å². The van der Waals surface area contributed by atoms with E-state index in [1.807, 2.05) is 19.1 Å². The highest BCUT2D eigenvalue weighted by atomic mass is 16.5. The first-order chi connectivity index (χ1) is 6.79. The van der Waals surface area contributed by atoms with Crippen LogP contribution in [-0.4, -0.2) is 17.8 Å². The van der Waals surface area contributed by atoms with Crippen molar-refractivity contribution in [1.82, 2.24) is 10.4 Å². The lowest BCUT2D eigenvalue weighted by atomic mass is 10.1. The van der Waals surface area contributed by atoms with Gasteiger partial charge in [-0.15, -0.1) is 0 Å². The maximum atomic E-state index is 4.96. The Kier molecular flexibility index (Phi) is 2.18. The molecule has 0 atom stereocenters. The highest BCUT2D eigenvalue weighted by molar-refractivity contribution is 6.09. The summed E-state index contributed by atoms with van der Waals surface area (Å²) < 4.78 is 4.96. The molecule has 1 radical (unpaired) electrons. The van der Waals surface area contributed by atoms with E-state index in [1.54, 1.807) is 19.4 Å². The molecule has 4 heteroatoms. The summed E-state index contributed by atoms with van der Waals surface area (Å²) in [5.41, 5.74) is 6.63. The topological polar surface area (TPSA) is 48.6 Å². The van der Waals surface area contributed by atoms with E-state index in [4.69, 9.17) is 4.74 Å².